The van der Waals surface area contributed by atoms with E-state index in [0.717, 1.165) is 5.56 Å². The molecule has 30 heavy (non-hydrogen) atoms. The van der Waals surface area contributed by atoms with Gasteiger partial charge < -0.3 is 9.47 Å². The molecule has 1 N–H and O–H groups in total. The number of anilines is 1. The SMILES string of the molecule is COc1cccc(C=NNc2ccc([N+](=O)[O-])cc2)c1OCc1ccc(Cl)c(Cl)c1. The Morgan fingerprint density at radius 2 is 1.87 bits per heavy atom. The summed E-state index contributed by atoms with van der Waals surface area (Å²) in [7, 11) is 1.55. The zero-order chi connectivity index (χ0) is 21.5. The fourth-order valence-electron chi connectivity index (χ4n) is 2.57. The molecule has 0 heterocycles. The van der Waals surface area contributed by atoms with Crippen LogP contribution in [-0.2, 0) is 6.61 Å². The number of nitrogens with zero attached hydrogens (tertiary/aromatic N) is 2. The van der Waals surface area contributed by atoms with Crippen LogP contribution in [-0.4, -0.2) is 18.2 Å². The summed E-state index contributed by atoms with van der Waals surface area (Å²) < 4.78 is 11.4. The van der Waals surface area contributed by atoms with Crippen molar-refractivity contribution in [3.63, 3.8) is 0 Å². The Labute approximate surface area is 183 Å². The highest BCUT2D eigenvalue weighted by Crippen LogP contribution is 2.31. The molecule has 3 aromatic rings. The van der Waals surface area contributed by atoms with Crippen molar-refractivity contribution in [1.29, 1.82) is 0 Å². The fraction of sp³-hybridized carbons (Fsp3) is 0.0952. The molecule has 0 aromatic heterocycles. The summed E-state index contributed by atoms with van der Waals surface area (Å²) in [5.41, 5.74) is 4.98. The van der Waals surface area contributed by atoms with E-state index in [4.69, 9.17) is 32.7 Å². The van der Waals surface area contributed by atoms with Gasteiger partial charge in [0.05, 0.1) is 34.0 Å². The number of para-hydroxylation sites is 1. The monoisotopic (exact) mass is 445 g/mol. The van der Waals surface area contributed by atoms with Crippen LogP contribution in [0.1, 0.15) is 11.1 Å². The number of non-ortho nitro benzene ring substituents is 1. The second kappa shape index (κ2) is 9.96. The quantitative estimate of drug-likeness (QED) is 0.263. The summed E-state index contributed by atoms with van der Waals surface area (Å²) in [5.74, 6) is 1.06. The maximum Gasteiger partial charge on any atom is 0.269 e. The lowest BCUT2D eigenvalue weighted by Gasteiger charge is -2.13. The Bertz CT molecular complexity index is 1070. The van der Waals surface area contributed by atoms with E-state index >= 15 is 0 Å². The van der Waals surface area contributed by atoms with Crippen LogP contribution >= 0.6 is 23.2 Å². The van der Waals surface area contributed by atoms with Crippen molar-refractivity contribution >= 4 is 40.8 Å². The van der Waals surface area contributed by atoms with Gasteiger partial charge in [-0.3, -0.25) is 15.5 Å². The summed E-state index contributed by atoms with van der Waals surface area (Å²) in [6.07, 6.45) is 1.58. The van der Waals surface area contributed by atoms with Gasteiger partial charge in [0.1, 0.15) is 6.61 Å². The molecule has 0 aliphatic rings. The summed E-state index contributed by atoms with van der Waals surface area (Å²) in [5, 5.41) is 15.8. The van der Waals surface area contributed by atoms with Crippen molar-refractivity contribution in [3.8, 4) is 11.5 Å². The van der Waals surface area contributed by atoms with Gasteiger partial charge in [-0.05, 0) is 42.0 Å². The van der Waals surface area contributed by atoms with Crippen LogP contribution in [0.25, 0.3) is 0 Å². The Balaban J connectivity index is 1.74. The number of nitrogens with one attached hydrogen (secondary N) is 1. The maximum atomic E-state index is 10.7. The van der Waals surface area contributed by atoms with E-state index in [9.17, 15) is 10.1 Å². The van der Waals surface area contributed by atoms with E-state index in [1.165, 1.54) is 12.1 Å². The molecule has 0 radical (unpaired) electrons. The predicted octanol–water partition coefficient (Wildman–Crippen LogP) is 5.94. The Morgan fingerprint density at radius 3 is 2.53 bits per heavy atom. The average Bonchev–Trinajstić information content (AvgIpc) is 2.75. The maximum absolute atomic E-state index is 10.7. The molecule has 0 fully saturated rings. The Morgan fingerprint density at radius 1 is 1.10 bits per heavy atom. The third kappa shape index (κ3) is 5.40. The number of benzene rings is 3. The third-order valence-corrected chi connectivity index (χ3v) is 4.81. The van der Waals surface area contributed by atoms with Crippen molar-refractivity contribution in [2.75, 3.05) is 12.5 Å². The smallest absolute Gasteiger partial charge is 0.269 e. The molecule has 0 aliphatic carbocycles. The molecule has 0 amide bonds. The normalized spacial score (nSPS) is 10.8. The zero-order valence-corrected chi connectivity index (χ0v) is 17.4. The molecule has 0 atom stereocenters. The van der Waals surface area contributed by atoms with Gasteiger partial charge in [-0.2, -0.15) is 5.10 Å². The number of rotatable bonds is 8. The highest BCUT2D eigenvalue weighted by molar-refractivity contribution is 6.42. The number of halogens is 2. The molecular weight excluding hydrogens is 429 g/mol. The van der Waals surface area contributed by atoms with Gasteiger partial charge in [0.25, 0.3) is 5.69 Å². The lowest BCUT2D eigenvalue weighted by atomic mass is 10.2. The van der Waals surface area contributed by atoms with Gasteiger partial charge in [0.2, 0.25) is 0 Å². The van der Waals surface area contributed by atoms with Crippen molar-refractivity contribution in [1.82, 2.24) is 0 Å². The molecule has 0 saturated carbocycles. The number of hydrogen-bond donors (Lipinski definition) is 1. The first kappa shape index (κ1) is 21.4. The number of hydrogen-bond acceptors (Lipinski definition) is 6. The molecule has 0 spiro atoms. The van der Waals surface area contributed by atoms with Gasteiger partial charge in [-0.1, -0.05) is 35.3 Å². The molecule has 154 valence electrons. The van der Waals surface area contributed by atoms with Crippen LogP contribution in [0.15, 0.2) is 65.8 Å². The molecule has 3 rings (SSSR count). The Kier molecular flexibility index (Phi) is 7.11. The molecule has 0 aliphatic heterocycles. The van der Waals surface area contributed by atoms with Crippen molar-refractivity contribution in [2.24, 2.45) is 5.10 Å². The van der Waals surface area contributed by atoms with Crippen LogP contribution in [0.3, 0.4) is 0 Å². The molecule has 0 saturated heterocycles. The number of nitro groups is 1. The minimum atomic E-state index is -0.458. The van der Waals surface area contributed by atoms with Gasteiger partial charge in [0, 0.05) is 17.7 Å². The molecule has 0 bridgehead atoms. The summed E-state index contributed by atoms with van der Waals surface area (Å²) in [6.45, 7) is 0.258. The number of nitro benzene ring substituents is 1. The number of hydrazone groups is 1. The number of methoxy groups -OCH3 is 1. The molecule has 9 heteroatoms. The first-order chi connectivity index (χ1) is 14.5. The predicted molar refractivity (Wildman–Crippen MR) is 118 cm³/mol. The minimum Gasteiger partial charge on any atom is -0.493 e. The van der Waals surface area contributed by atoms with Gasteiger partial charge >= 0.3 is 0 Å². The summed E-state index contributed by atoms with van der Waals surface area (Å²) >= 11 is 12.0. The van der Waals surface area contributed by atoms with Crippen molar-refractivity contribution in [3.05, 3.63) is 92.0 Å². The van der Waals surface area contributed by atoms with Gasteiger partial charge in [-0.25, -0.2) is 0 Å². The van der Waals surface area contributed by atoms with Crippen molar-refractivity contribution < 1.29 is 14.4 Å². The molecule has 7 nitrogen and oxygen atoms in total. The lowest BCUT2D eigenvalue weighted by Crippen LogP contribution is -2.01. The summed E-state index contributed by atoms with van der Waals surface area (Å²) in [6, 6.07) is 16.6. The van der Waals surface area contributed by atoms with E-state index in [2.05, 4.69) is 10.5 Å². The largest absolute Gasteiger partial charge is 0.493 e. The second-order valence-corrected chi connectivity index (χ2v) is 6.90. The van der Waals surface area contributed by atoms with Crippen LogP contribution in [0.4, 0.5) is 11.4 Å². The highest BCUT2D eigenvalue weighted by Gasteiger charge is 2.10. The third-order valence-electron chi connectivity index (χ3n) is 4.07. The van der Waals surface area contributed by atoms with E-state index < -0.39 is 4.92 Å². The van der Waals surface area contributed by atoms with Crippen LogP contribution in [0.2, 0.25) is 10.0 Å². The van der Waals surface area contributed by atoms with Crippen LogP contribution in [0.5, 0.6) is 11.5 Å². The van der Waals surface area contributed by atoms with Gasteiger partial charge in [0.15, 0.2) is 11.5 Å². The Hall–Kier alpha value is -3.29. The van der Waals surface area contributed by atoms with Crippen molar-refractivity contribution in [2.45, 2.75) is 6.61 Å². The first-order valence-electron chi connectivity index (χ1n) is 8.75. The number of ether oxygens (including phenoxy) is 2. The zero-order valence-electron chi connectivity index (χ0n) is 15.8. The summed E-state index contributed by atoms with van der Waals surface area (Å²) in [4.78, 5) is 10.3. The van der Waals surface area contributed by atoms with E-state index in [0.29, 0.717) is 32.8 Å². The standard InChI is InChI=1S/C21H17Cl2N3O4/c1-29-20-4-2-3-15(12-24-25-16-6-8-17(9-7-16)26(27)28)21(20)30-13-14-5-10-18(22)19(23)11-14/h2-12,25H,13H2,1H3. The molecule has 3 aromatic carbocycles. The first-order valence-corrected chi connectivity index (χ1v) is 9.51. The van der Waals surface area contributed by atoms with Crippen LogP contribution < -0.4 is 14.9 Å². The van der Waals surface area contributed by atoms with E-state index in [-0.39, 0.29) is 12.3 Å². The van der Waals surface area contributed by atoms with Crippen LogP contribution in [0, 0.1) is 10.1 Å². The topological polar surface area (TPSA) is 86.0 Å². The second-order valence-electron chi connectivity index (χ2n) is 6.09. The molecule has 0 unspecified atom stereocenters. The van der Waals surface area contributed by atoms with E-state index in [1.807, 2.05) is 18.2 Å². The average molecular weight is 446 g/mol. The lowest BCUT2D eigenvalue weighted by molar-refractivity contribution is -0.384. The molecular formula is C21H17Cl2N3O4. The van der Waals surface area contributed by atoms with E-state index in [1.54, 1.807) is 43.7 Å². The highest BCUT2D eigenvalue weighted by atomic mass is 35.5. The minimum absolute atomic E-state index is 0.00955. The van der Waals surface area contributed by atoms with Gasteiger partial charge in [-0.15, -0.1) is 0 Å². The fourth-order valence-corrected chi connectivity index (χ4v) is 2.89.